The largest absolute Gasteiger partial charge is 0.375 e. The molecule has 3 amide bonds. The maximum absolute atomic E-state index is 13.2. The van der Waals surface area contributed by atoms with E-state index >= 15 is 0 Å². The first-order valence-corrected chi connectivity index (χ1v) is 15.2. The molecule has 0 spiro atoms. The Morgan fingerprint density at radius 2 is 1.65 bits per heavy atom. The van der Waals surface area contributed by atoms with E-state index in [1.54, 1.807) is 6.07 Å². The monoisotopic (exact) mass is 577 g/mol. The third-order valence-corrected chi connectivity index (χ3v) is 8.68. The summed E-state index contributed by atoms with van der Waals surface area (Å²) in [6.45, 7) is 5.06. The van der Waals surface area contributed by atoms with Gasteiger partial charge in [0.2, 0.25) is 11.8 Å². The fourth-order valence-corrected chi connectivity index (χ4v) is 6.43. The van der Waals surface area contributed by atoms with Crippen LogP contribution >= 0.6 is 0 Å². The minimum absolute atomic E-state index is 0.192. The van der Waals surface area contributed by atoms with E-state index in [1.807, 2.05) is 30.3 Å². The fourth-order valence-electron chi connectivity index (χ4n) is 6.43. The molecule has 3 aliphatic rings. The lowest BCUT2D eigenvalue weighted by Crippen LogP contribution is -2.51. The molecule has 43 heavy (non-hydrogen) atoms. The summed E-state index contributed by atoms with van der Waals surface area (Å²) in [5, 5.41) is 3.49. The van der Waals surface area contributed by atoms with Gasteiger partial charge in [0, 0.05) is 48.6 Å². The molecule has 0 atom stereocenters. The van der Waals surface area contributed by atoms with Gasteiger partial charge >= 0.3 is 0 Å². The van der Waals surface area contributed by atoms with Crippen molar-refractivity contribution in [3.63, 3.8) is 0 Å². The first-order chi connectivity index (χ1) is 21.0. The van der Waals surface area contributed by atoms with Crippen molar-refractivity contribution in [2.45, 2.75) is 58.3 Å². The minimum Gasteiger partial charge on any atom is -0.375 e. The van der Waals surface area contributed by atoms with Gasteiger partial charge in [0.05, 0.1) is 25.5 Å². The minimum atomic E-state index is -0.315. The summed E-state index contributed by atoms with van der Waals surface area (Å²) in [4.78, 5) is 45.9. The molecule has 2 aromatic heterocycles. The van der Waals surface area contributed by atoms with E-state index in [9.17, 15) is 14.4 Å². The van der Waals surface area contributed by atoms with Crippen molar-refractivity contribution in [2.75, 3.05) is 19.7 Å². The van der Waals surface area contributed by atoms with Gasteiger partial charge in [-0.25, -0.2) is 9.99 Å². The SMILES string of the molecule is O=C1c2ccc(-c3cc(CN4CCCC4)c4ccn(CCOCc5ccccc5)c4n3)cc2CN1N1C(=O)CCCC1=O. The van der Waals surface area contributed by atoms with E-state index < -0.39 is 0 Å². The number of likely N-dealkylation sites (tertiary alicyclic amines) is 1. The Morgan fingerprint density at radius 3 is 2.44 bits per heavy atom. The number of hydrogen-bond acceptors (Lipinski definition) is 6. The van der Waals surface area contributed by atoms with Crippen molar-refractivity contribution in [3.8, 4) is 11.3 Å². The van der Waals surface area contributed by atoms with E-state index in [0.717, 1.165) is 58.1 Å². The zero-order chi connectivity index (χ0) is 29.3. The van der Waals surface area contributed by atoms with Crippen LogP contribution in [0.25, 0.3) is 22.3 Å². The summed E-state index contributed by atoms with van der Waals surface area (Å²) in [6.07, 6.45) is 5.61. The third-order valence-electron chi connectivity index (χ3n) is 8.68. The molecule has 3 aliphatic heterocycles. The number of carbonyl (C=O) groups is 3. The van der Waals surface area contributed by atoms with Crippen molar-refractivity contribution < 1.29 is 19.1 Å². The van der Waals surface area contributed by atoms with Crippen molar-refractivity contribution in [1.82, 2.24) is 24.5 Å². The van der Waals surface area contributed by atoms with Gasteiger partial charge < -0.3 is 9.30 Å². The summed E-state index contributed by atoms with van der Waals surface area (Å²) >= 11 is 0. The van der Waals surface area contributed by atoms with Crippen LogP contribution in [0, 0.1) is 0 Å². The van der Waals surface area contributed by atoms with E-state index in [0.29, 0.717) is 31.7 Å². The molecule has 0 aliphatic carbocycles. The quantitative estimate of drug-likeness (QED) is 0.207. The maximum Gasteiger partial charge on any atom is 0.273 e. The molecule has 2 fully saturated rings. The molecule has 2 saturated heterocycles. The Labute approximate surface area is 250 Å². The van der Waals surface area contributed by atoms with E-state index in [-0.39, 0.29) is 37.1 Å². The number of carbonyl (C=O) groups excluding carboxylic acids is 3. The molecule has 2 aromatic carbocycles. The number of fused-ring (bicyclic) bond motifs is 2. The Bertz CT molecular complexity index is 1680. The molecule has 5 heterocycles. The number of hydrogen-bond donors (Lipinski definition) is 0. The number of aromatic nitrogens is 2. The standard InChI is InChI=1S/C34H35N5O4/c40-31-9-6-10-32(41)39(31)38-22-26-19-25(11-12-29(26)34(38)42)30-20-27(21-36-14-4-5-15-36)28-13-16-37(33(28)35-30)17-18-43-23-24-7-2-1-3-8-24/h1-3,7-8,11-13,16,19-20H,4-6,9-10,14-15,17-18,21-23H2. The summed E-state index contributed by atoms with van der Waals surface area (Å²) in [7, 11) is 0. The van der Waals surface area contributed by atoms with E-state index in [2.05, 4.69) is 39.9 Å². The number of pyridine rings is 1. The van der Waals surface area contributed by atoms with Crippen LogP contribution in [0.3, 0.4) is 0 Å². The lowest BCUT2D eigenvalue weighted by Gasteiger charge is -2.32. The van der Waals surface area contributed by atoms with Crippen LogP contribution in [-0.4, -0.2) is 61.9 Å². The number of rotatable bonds is 9. The Balaban J connectivity index is 1.17. The summed E-state index contributed by atoms with van der Waals surface area (Å²) in [6, 6.07) is 20.2. The second-order valence-corrected chi connectivity index (χ2v) is 11.6. The first kappa shape index (κ1) is 27.5. The summed E-state index contributed by atoms with van der Waals surface area (Å²) < 4.78 is 8.14. The van der Waals surface area contributed by atoms with Crippen LogP contribution in [0.1, 0.15) is 59.2 Å². The van der Waals surface area contributed by atoms with Gasteiger partial charge in [0.15, 0.2) is 0 Å². The number of imide groups is 1. The molecule has 0 unspecified atom stereocenters. The molecule has 0 radical (unpaired) electrons. The highest BCUT2D eigenvalue weighted by Gasteiger charge is 2.39. The smallest absolute Gasteiger partial charge is 0.273 e. The Hall–Kier alpha value is -4.34. The van der Waals surface area contributed by atoms with Crippen LogP contribution in [0.2, 0.25) is 0 Å². The van der Waals surface area contributed by atoms with Gasteiger partial charge in [0.25, 0.3) is 5.91 Å². The second kappa shape index (κ2) is 11.7. The molecule has 9 nitrogen and oxygen atoms in total. The van der Waals surface area contributed by atoms with Crippen LogP contribution in [0.15, 0.2) is 66.9 Å². The van der Waals surface area contributed by atoms with Crippen molar-refractivity contribution >= 4 is 28.8 Å². The van der Waals surface area contributed by atoms with E-state index in [4.69, 9.17) is 9.72 Å². The number of amides is 3. The number of ether oxygens (including phenoxy) is 1. The summed E-state index contributed by atoms with van der Waals surface area (Å²) in [5.41, 5.74) is 6.35. The fraction of sp³-hybridized carbons (Fsp3) is 0.353. The average Bonchev–Trinajstić information content (AvgIpc) is 3.76. The van der Waals surface area contributed by atoms with Gasteiger partial charge in [-0.3, -0.25) is 19.3 Å². The van der Waals surface area contributed by atoms with E-state index in [1.165, 1.54) is 23.4 Å². The van der Waals surface area contributed by atoms with Crippen LogP contribution in [0.4, 0.5) is 0 Å². The van der Waals surface area contributed by atoms with Gasteiger partial charge in [-0.2, -0.15) is 5.01 Å². The lowest BCUT2D eigenvalue weighted by molar-refractivity contribution is -0.163. The third kappa shape index (κ3) is 5.46. The molecule has 9 heteroatoms. The highest BCUT2D eigenvalue weighted by molar-refractivity contribution is 6.04. The molecular formula is C34H35N5O4. The number of benzene rings is 2. The molecule has 4 aromatic rings. The maximum atomic E-state index is 13.2. The number of nitrogens with zero attached hydrogens (tertiary/aromatic N) is 5. The zero-order valence-corrected chi connectivity index (χ0v) is 24.2. The topological polar surface area (TPSA) is 88.0 Å². The molecule has 220 valence electrons. The Morgan fingerprint density at radius 1 is 0.860 bits per heavy atom. The number of piperidine rings is 1. The lowest BCUT2D eigenvalue weighted by atomic mass is 10.0. The van der Waals surface area contributed by atoms with Gasteiger partial charge in [-0.1, -0.05) is 36.4 Å². The van der Waals surface area contributed by atoms with Gasteiger partial charge in [0.1, 0.15) is 5.65 Å². The molecule has 0 bridgehead atoms. The zero-order valence-electron chi connectivity index (χ0n) is 24.2. The van der Waals surface area contributed by atoms with Gasteiger partial charge in [-0.05, 0) is 73.3 Å². The van der Waals surface area contributed by atoms with Crippen LogP contribution in [0.5, 0.6) is 0 Å². The molecule has 7 rings (SSSR count). The summed E-state index contributed by atoms with van der Waals surface area (Å²) in [5.74, 6) is -0.942. The molecular weight excluding hydrogens is 542 g/mol. The second-order valence-electron chi connectivity index (χ2n) is 11.6. The predicted octanol–water partition coefficient (Wildman–Crippen LogP) is 4.93. The first-order valence-electron chi connectivity index (χ1n) is 15.2. The molecule has 0 saturated carbocycles. The van der Waals surface area contributed by atoms with Crippen molar-refractivity contribution in [2.24, 2.45) is 0 Å². The highest BCUT2D eigenvalue weighted by Crippen LogP contribution is 2.33. The van der Waals surface area contributed by atoms with Crippen molar-refractivity contribution in [3.05, 3.63) is 89.1 Å². The highest BCUT2D eigenvalue weighted by atomic mass is 16.5. The van der Waals surface area contributed by atoms with Crippen LogP contribution < -0.4 is 0 Å². The normalized spacial score (nSPS) is 17.4. The number of hydrazine groups is 1. The molecule has 0 N–H and O–H groups in total. The Kier molecular flexibility index (Phi) is 7.51. The van der Waals surface area contributed by atoms with Crippen LogP contribution in [-0.2, 0) is 40.6 Å². The average molecular weight is 578 g/mol. The van der Waals surface area contributed by atoms with Crippen molar-refractivity contribution in [1.29, 1.82) is 0 Å². The van der Waals surface area contributed by atoms with Gasteiger partial charge in [-0.15, -0.1) is 0 Å². The predicted molar refractivity (Wildman–Crippen MR) is 161 cm³/mol.